The topological polar surface area (TPSA) is 331 Å². The van der Waals surface area contributed by atoms with Crippen molar-refractivity contribution in [3.63, 3.8) is 0 Å². The Morgan fingerprint density at radius 1 is 0.364 bits per heavy atom. The Morgan fingerprint density at radius 3 is 0.364 bits per heavy atom. The summed E-state index contributed by atoms with van der Waals surface area (Å²) in [6.07, 6.45) is 0. The Bertz CT molecular complexity index is 213. The molecule has 0 aromatic carbocycles. The maximum atomic E-state index is 8.25. The summed E-state index contributed by atoms with van der Waals surface area (Å²) in [5.74, 6) is 0. The smallest absolute Gasteiger partial charge is 0.356 e. The first kappa shape index (κ1) is 42.7. The van der Waals surface area contributed by atoms with Gasteiger partial charge in [0.15, 0.2) is 0 Å². The molecule has 0 rings (SSSR count). The summed E-state index contributed by atoms with van der Waals surface area (Å²) in [5, 5.41) is 73.8. The molecule has 0 bridgehead atoms. The van der Waals surface area contributed by atoms with E-state index in [1.165, 1.54) is 0 Å². The van der Waals surface area contributed by atoms with Crippen LogP contribution in [0.3, 0.4) is 0 Å². The second kappa shape index (κ2) is 36.4. The van der Waals surface area contributed by atoms with E-state index in [0.717, 1.165) is 0 Å². The van der Waals surface area contributed by atoms with Crippen LogP contribution in [0.15, 0.2) is 0 Å². The average molecular weight is 506 g/mol. The summed E-state index contributed by atoms with van der Waals surface area (Å²) in [7, 11) is 0. The molecule has 1 radical (unpaired) electrons. The van der Waals surface area contributed by atoms with Crippen molar-refractivity contribution >= 4 is 0 Å². The fraction of sp³-hybridized carbons (Fsp3) is 0. The number of nitrogens with zero attached hydrogens (tertiary/aromatic N) is 5. The van der Waals surface area contributed by atoms with E-state index in [9.17, 15) is 0 Å². The van der Waals surface area contributed by atoms with Gasteiger partial charge in [0, 0.05) is 0 Å². The van der Waals surface area contributed by atoms with Crippen molar-refractivity contribution in [1.82, 2.24) is 0 Å². The van der Waals surface area contributed by atoms with Crippen molar-refractivity contribution in [3.05, 3.63) is 76.6 Å². The van der Waals surface area contributed by atoms with E-state index in [0.29, 0.717) is 0 Å². The summed E-state index contributed by atoms with van der Waals surface area (Å²) in [4.78, 5) is 41.2. The third kappa shape index (κ3) is 1150. The third-order valence-corrected chi connectivity index (χ3v) is 0. The van der Waals surface area contributed by atoms with Gasteiger partial charge in [0.25, 0.3) is 0 Å². The van der Waals surface area contributed by atoms with Gasteiger partial charge in [-0.25, -0.2) is 0 Å². The summed E-state index contributed by atoms with van der Waals surface area (Å²) in [6.45, 7) is 0. The zero-order valence-corrected chi connectivity index (χ0v) is 13.5. The van der Waals surface area contributed by atoms with Crippen molar-refractivity contribution in [3.8, 4) is 0 Å². The molecule has 0 amide bonds. The minimum atomic E-state index is -1.75. The zero-order valence-electron chi connectivity index (χ0n) is 9.21. The van der Waals surface area contributed by atoms with Crippen LogP contribution in [0.5, 0.6) is 0 Å². The van der Waals surface area contributed by atoms with Crippen molar-refractivity contribution in [2.24, 2.45) is 0 Å². The van der Waals surface area contributed by atoms with Crippen LogP contribution in [0.1, 0.15) is 0 Å². The summed E-state index contributed by atoms with van der Waals surface area (Å²) in [6, 6.07) is 0. The standard InChI is InChI=1S/Ce.Fe.5NO3/c;;5*2-1(3)4/q+3;+2;5*-1. The normalized spacial score (nSPS) is 5.45. The maximum Gasteiger partial charge on any atom is 3.00 e. The van der Waals surface area contributed by atoms with Gasteiger partial charge in [0.05, 0.1) is 25.4 Å². The molecule has 0 aliphatic rings. The molecule has 22 heteroatoms. The minimum Gasteiger partial charge on any atom is -0.356 e. The molecule has 0 aliphatic carbocycles. The molecule has 0 aromatic rings. The molecule has 0 heterocycles. The average Bonchev–Trinajstić information content (AvgIpc) is 1.94. The predicted molar refractivity (Wildman–Crippen MR) is 51.8 cm³/mol. The second-order valence-corrected chi connectivity index (χ2v) is 1.12. The van der Waals surface area contributed by atoms with E-state index in [2.05, 4.69) is 0 Å². The van der Waals surface area contributed by atoms with Gasteiger partial charge in [-0.1, -0.05) is 0 Å². The first-order chi connectivity index (χ1) is 8.66. The molecule has 0 spiro atoms. The summed E-state index contributed by atoms with van der Waals surface area (Å²) in [5.41, 5.74) is 0. The molecule has 0 unspecified atom stereocenters. The zero-order chi connectivity index (χ0) is 17.9. The van der Waals surface area contributed by atoms with E-state index >= 15 is 0 Å². The summed E-state index contributed by atoms with van der Waals surface area (Å²) < 4.78 is 0. The predicted octanol–water partition coefficient (Wildman–Crippen LogP) is -1.20. The molecule has 127 valence electrons. The molecule has 0 aromatic heterocycles. The van der Waals surface area contributed by atoms with Crippen molar-refractivity contribution in [1.29, 1.82) is 0 Å². The Balaban J connectivity index is -0.0000000250. The van der Waals surface area contributed by atoms with Gasteiger partial charge in [-0.15, -0.1) is 0 Å². The quantitative estimate of drug-likeness (QED) is 0.211. The monoisotopic (exact) mass is 506 g/mol. The Labute approximate surface area is 160 Å². The van der Waals surface area contributed by atoms with Crippen LogP contribution >= 0.6 is 0 Å². The summed E-state index contributed by atoms with van der Waals surface area (Å²) >= 11 is 0. The Kier molecular flexibility index (Phi) is 70.7. The van der Waals surface area contributed by atoms with Crippen LogP contribution in [0.4, 0.5) is 0 Å². The first-order valence-corrected chi connectivity index (χ1v) is 2.74. The van der Waals surface area contributed by atoms with Crippen molar-refractivity contribution in [2.45, 2.75) is 0 Å². The largest absolute Gasteiger partial charge is 3.00 e. The van der Waals surface area contributed by atoms with Crippen LogP contribution in [-0.4, -0.2) is 25.4 Å². The molecular weight excluding hydrogens is 506 g/mol. The molecule has 20 nitrogen and oxygen atoms in total. The van der Waals surface area contributed by atoms with Gasteiger partial charge < -0.3 is 76.6 Å². The minimum absolute atomic E-state index is 0. The van der Waals surface area contributed by atoms with Gasteiger partial charge >= 0.3 is 58.8 Å². The van der Waals surface area contributed by atoms with Crippen molar-refractivity contribution in [2.75, 3.05) is 0 Å². The first-order valence-electron chi connectivity index (χ1n) is 2.74. The van der Waals surface area contributed by atoms with Crippen LogP contribution < -0.4 is 0 Å². The van der Waals surface area contributed by atoms with Gasteiger partial charge in [0.2, 0.25) is 0 Å². The van der Waals surface area contributed by atoms with E-state index in [-0.39, 0.29) is 58.8 Å². The number of rotatable bonds is 0. The second-order valence-electron chi connectivity index (χ2n) is 1.12. The van der Waals surface area contributed by atoms with Crippen LogP contribution in [0, 0.1) is 118 Å². The molecule has 0 atom stereocenters. The molecule has 0 aliphatic heterocycles. The fourth-order valence-electron chi connectivity index (χ4n) is 0. The van der Waals surface area contributed by atoms with E-state index < -0.39 is 25.4 Å². The molecule has 0 saturated heterocycles. The molecule has 0 N–H and O–H groups in total. The van der Waals surface area contributed by atoms with Gasteiger partial charge in [0.1, 0.15) is 0 Å². The molecule has 22 heavy (non-hydrogen) atoms. The SMILES string of the molecule is O=[N+]([O-])[O-].O=[N+]([O-])[O-].O=[N+]([O-])[O-].O=[N+]([O-])[O-].O=[N+]([O-])[O-].[Ce+3].[Fe+2]. The van der Waals surface area contributed by atoms with E-state index in [1.54, 1.807) is 0 Å². The van der Waals surface area contributed by atoms with Crippen LogP contribution in [0.25, 0.3) is 0 Å². The van der Waals surface area contributed by atoms with E-state index in [1.807, 2.05) is 0 Å². The molecular formula is CeFeN5O15. The van der Waals surface area contributed by atoms with Gasteiger partial charge in [-0.3, -0.25) is 0 Å². The van der Waals surface area contributed by atoms with Gasteiger partial charge in [-0.05, 0) is 0 Å². The van der Waals surface area contributed by atoms with Crippen LogP contribution in [-0.2, 0) is 17.1 Å². The Morgan fingerprint density at radius 2 is 0.364 bits per heavy atom. The fourth-order valence-corrected chi connectivity index (χ4v) is 0. The maximum absolute atomic E-state index is 8.25. The van der Waals surface area contributed by atoms with E-state index in [4.69, 9.17) is 76.6 Å². The number of hydrogen-bond acceptors (Lipinski definition) is 15. The van der Waals surface area contributed by atoms with Crippen LogP contribution in [0.2, 0.25) is 0 Å². The third-order valence-electron chi connectivity index (χ3n) is 0. The van der Waals surface area contributed by atoms with Gasteiger partial charge in [-0.2, -0.15) is 0 Å². The molecule has 0 fully saturated rings. The molecule has 0 saturated carbocycles. The number of hydrogen-bond donors (Lipinski definition) is 0. The van der Waals surface area contributed by atoms with Crippen molar-refractivity contribution < 1.29 is 84.2 Å². The Hall–Kier alpha value is -2.10.